The average Bonchev–Trinajstić information content (AvgIpc) is 3.10. The van der Waals surface area contributed by atoms with Crippen molar-refractivity contribution in [3.63, 3.8) is 0 Å². The molecular weight excluding hydrogens is 280 g/mol. The Morgan fingerprint density at radius 3 is 3.14 bits per heavy atom. The van der Waals surface area contributed by atoms with Crippen LogP contribution in [-0.2, 0) is 24.2 Å². The van der Waals surface area contributed by atoms with Crippen molar-refractivity contribution in [2.24, 2.45) is 0 Å². The number of fused-ring (bicyclic) bond motifs is 1. The number of nitrogens with one attached hydrogen (secondary N) is 1. The molecule has 1 amide bonds. The molecule has 1 aliphatic heterocycles. The Hall–Kier alpha value is -2.11. The van der Waals surface area contributed by atoms with Crippen LogP contribution in [0, 0.1) is 0 Å². The minimum absolute atomic E-state index is 0.00914. The first-order chi connectivity index (χ1) is 10.7. The van der Waals surface area contributed by atoms with E-state index in [9.17, 15) is 4.79 Å². The van der Waals surface area contributed by atoms with Crippen LogP contribution in [0.3, 0.4) is 0 Å². The van der Waals surface area contributed by atoms with Crippen molar-refractivity contribution >= 4 is 5.91 Å². The normalized spacial score (nSPS) is 15.9. The first-order valence-corrected chi connectivity index (χ1v) is 7.98. The lowest BCUT2D eigenvalue weighted by Crippen LogP contribution is -2.29. The predicted octanol–water partition coefficient (Wildman–Crippen LogP) is 2.41. The van der Waals surface area contributed by atoms with Crippen molar-refractivity contribution in [1.29, 1.82) is 0 Å². The van der Waals surface area contributed by atoms with Gasteiger partial charge in [-0.15, -0.1) is 10.2 Å². The first kappa shape index (κ1) is 14.8. The Kier molecular flexibility index (Phi) is 4.56. The zero-order valence-corrected chi connectivity index (χ0v) is 12.9. The molecule has 0 aliphatic carbocycles. The number of carbonyl (C=O) groups excluding carboxylic acids is 1. The molecule has 0 aromatic carbocycles. The Bertz CT molecular complexity index is 618. The summed E-state index contributed by atoms with van der Waals surface area (Å²) in [6, 6.07) is 3.60. The van der Waals surface area contributed by atoms with Gasteiger partial charge < -0.3 is 14.3 Å². The van der Waals surface area contributed by atoms with Gasteiger partial charge in [-0.2, -0.15) is 0 Å². The zero-order valence-electron chi connectivity index (χ0n) is 12.9. The summed E-state index contributed by atoms with van der Waals surface area (Å²) >= 11 is 0. The van der Waals surface area contributed by atoms with Gasteiger partial charge in [0, 0.05) is 25.8 Å². The second kappa shape index (κ2) is 6.77. The summed E-state index contributed by atoms with van der Waals surface area (Å²) < 4.78 is 7.41. The van der Waals surface area contributed by atoms with Crippen LogP contribution in [-0.4, -0.2) is 20.7 Å². The van der Waals surface area contributed by atoms with E-state index in [2.05, 4.69) is 20.1 Å². The molecule has 0 saturated heterocycles. The number of rotatable bonds is 5. The van der Waals surface area contributed by atoms with Crippen molar-refractivity contribution < 1.29 is 9.21 Å². The van der Waals surface area contributed by atoms with E-state index in [-0.39, 0.29) is 11.9 Å². The number of amides is 1. The molecule has 1 aliphatic rings. The average molecular weight is 302 g/mol. The van der Waals surface area contributed by atoms with Crippen LogP contribution in [0.4, 0.5) is 0 Å². The summed E-state index contributed by atoms with van der Waals surface area (Å²) in [5.74, 6) is 2.75. The standard InChI is InChI=1S/C16H22N4O2/c1-12(17-15(21)9-8-13-6-5-11-22-13)16-19-18-14-7-3-2-4-10-20(14)16/h5-6,11-12H,2-4,7-10H2,1H3,(H,17,21). The zero-order chi connectivity index (χ0) is 15.4. The van der Waals surface area contributed by atoms with E-state index in [0.717, 1.165) is 36.8 Å². The van der Waals surface area contributed by atoms with Crippen LogP contribution in [0.15, 0.2) is 22.8 Å². The van der Waals surface area contributed by atoms with E-state index < -0.39 is 0 Å². The molecular formula is C16H22N4O2. The van der Waals surface area contributed by atoms with Gasteiger partial charge in [0.05, 0.1) is 12.3 Å². The molecule has 2 aromatic rings. The van der Waals surface area contributed by atoms with Crippen molar-refractivity contribution in [1.82, 2.24) is 20.1 Å². The van der Waals surface area contributed by atoms with Crippen molar-refractivity contribution in [3.05, 3.63) is 35.8 Å². The highest BCUT2D eigenvalue weighted by Crippen LogP contribution is 2.18. The third kappa shape index (κ3) is 3.37. The van der Waals surface area contributed by atoms with E-state index in [1.807, 2.05) is 19.1 Å². The monoisotopic (exact) mass is 302 g/mol. The van der Waals surface area contributed by atoms with Crippen LogP contribution < -0.4 is 5.32 Å². The Labute approximate surface area is 129 Å². The summed E-state index contributed by atoms with van der Waals surface area (Å²) in [4.78, 5) is 12.1. The molecule has 1 atom stereocenters. The van der Waals surface area contributed by atoms with E-state index in [1.54, 1.807) is 6.26 Å². The Morgan fingerprint density at radius 1 is 1.41 bits per heavy atom. The minimum Gasteiger partial charge on any atom is -0.469 e. The lowest BCUT2D eigenvalue weighted by Gasteiger charge is -2.15. The van der Waals surface area contributed by atoms with Crippen LogP contribution in [0.2, 0.25) is 0 Å². The van der Waals surface area contributed by atoms with Gasteiger partial charge in [-0.1, -0.05) is 6.42 Å². The van der Waals surface area contributed by atoms with E-state index in [4.69, 9.17) is 4.42 Å². The molecule has 0 spiro atoms. The Morgan fingerprint density at radius 2 is 2.32 bits per heavy atom. The molecule has 1 N–H and O–H groups in total. The van der Waals surface area contributed by atoms with Gasteiger partial charge in [-0.3, -0.25) is 4.79 Å². The third-order valence-corrected chi connectivity index (χ3v) is 4.08. The quantitative estimate of drug-likeness (QED) is 0.920. The highest BCUT2D eigenvalue weighted by Gasteiger charge is 2.20. The van der Waals surface area contributed by atoms with Crippen LogP contribution in [0.1, 0.15) is 56.1 Å². The fraction of sp³-hybridized carbons (Fsp3) is 0.562. The topological polar surface area (TPSA) is 73.0 Å². The first-order valence-electron chi connectivity index (χ1n) is 7.98. The molecule has 3 heterocycles. The van der Waals surface area contributed by atoms with E-state index >= 15 is 0 Å². The molecule has 6 heteroatoms. The third-order valence-electron chi connectivity index (χ3n) is 4.08. The molecule has 0 fully saturated rings. The molecule has 0 saturated carbocycles. The van der Waals surface area contributed by atoms with Gasteiger partial charge in [0.15, 0.2) is 5.82 Å². The van der Waals surface area contributed by atoms with Gasteiger partial charge in [0.2, 0.25) is 5.91 Å². The second-order valence-corrected chi connectivity index (χ2v) is 5.81. The molecule has 0 radical (unpaired) electrons. The molecule has 118 valence electrons. The number of aromatic nitrogens is 3. The lowest BCUT2D eigenvalue weighted by molar-refractivity contribution is -0.121. The molecule has 6 nitrogen and oxygen atoms in total. The van der Waals surface area contributed by atoms with Gasteiger partial charge in [0.1, 0.15) is 11.6 Å². The summed E-state index contributed by atoms with van der Waals surface area (Å²) in [6.45, 7) is 2.91. The molecule has 0 bridgehead atoms. The number of nitrogens with zero attached hydrogens (tertiary/aromatic N) is 3. The molecule has 22 heavy (non-hydrogen) atoms. The van der Waals surface area contributed by atoms with Gasteiger partial charge in [-0.25, -0.2) is 0 Å². The van der Waals surface area contributed by atoms with Crippen LogP contribution in [0.25, 0.3) is 0 Å². The van der Waals surface area contributed by atoms with Gasteiger partial charge >= 0.3 is 0 Å². The maximum atomic E-state index is 12.1. The second-order valence-electron chi connectivity index (χ2n) is 5.81. The number of hydrogen-bond acceptors (Lipinski definition) is 4. The van der Waals surface area contributed by atoms with Crippen molar-refractivity contribution in [2.45, 2.75) is 58.0 Å². The number of furan rings is 1. The van der Waals surface area contributed by atoms with Gasteiger partial charge in [-0.05, 0) is 31.9 Å². The number of carbonyl (C=O) groups is 1. The van der Waals surface area contributed by atoms with Crippen LogP contribution >= 0.6 is 0 Å². The van der Waals surface area contributed by atoms with E-state index in [0.29, 0.717) is 12.8 Å². The van der Waals surface area contributed by atoms with Crippen molar-refractivity contribution in [2.75, 3.05) is 0 Å². The van der Waals surface area contributed by atoms with E-state index in [1.165, 1.54) is 12.8 Å². The largest absolute Gasteiger partial charge is 0.469 e. The Balaban J connectivity index is 1.58. The predicted molar refractivity (Wildman–Crippen MR) is 81.2 cm³/mol. The maximum Gasteiger partial charge on any atom is 0.221 e. The SMILES string of the molecule is CC(NC(=O)CCc1ccco1)c1nnc2n1CCCCC2. The summed E-state index contributed by atoms with van der Waals surface area (Å²) in [7, 11) is 0. The number of hydrogen-bond donors (Lipinski definition) is 1. The molecule has 3 rings (SSSR count). The number of aryl methyl sites for hydroxylation is 2. The summed E-state index contributed by atoms with van der Waals surface area (Å²) in [6.07, 6.45) is 7.18. The maximum absolute atomic E-state index is 12.1. The summed E-state index contributed by atoms with van der Waals surface area (Å²) in [5, 5.41) is 11.6. The highest BCUT2D eigenvalue weighted by atomic mass is 16.3. The molecule has 1 unspecified atom stereocenters. The fourth-order valence-corrected chi connectivity index (χ4v) is 2.90. The van der Waals surface area contributed by atoms with Crippen LogP contribution in [0.5, 0.6) is 0 Å². The highest BCUT2D eigenvalue weighted by molar-refractivity contribution is 5.76. The van der Waals surface area contributed by atoms with Gasteiger partial charge in [0.25, 0.3) is 0 Å². The minimum atomic E-state index is -0.122. The fourth-order valence-electron chi connectivity index (χ4n) is 2.90. The lowest BCUT2D eigenvalue weighted by atomic mass is 10.2. The molecule has 2 aromatic heterocycles. The smallest absolute Gasteiger partial charge is 0.221 e. The summed E-state index contributed by atoms with van der Waals surface area (Å²) in [5.41, 5.74) is 0. The van der Waals surface area contributed by atoms with Crippen molar-refractivity contribution in [3.8, 4) is 0 Å².